The number of hydrogen-bond acceptors (Lipinski definition) is 3. The van der Waals surface area contributed by atoms with Gasteiger partial charge < -0.3 is 14.7 Å². The molecule has 0 saturated carbocycles. The second-order valence-electron chi connectivity index (χ2n) is 6.42. The highest BCUT2D eigenvalue weighted by atomic mass is 16.5. The lowest BCUT2D eigenvalue weighted by Crippen LogP contribution is -2.39. The highest BCUT2D eigenvalue weighted by molar-refractivity contribution is 5.75. The Bertz CT molecular complexity index is 313. The van der Waals surface area contributed by atoms with Crippen LogP contribution < -0.4 is 0 Å². The van der Waals surface area contributed by atoms with Crippen molar-refractivity contribution in [3.8, 4) is 0 Å². The van der Waals surface area contributed by atoms with Crippen LogP contribution in [0.25, 0.3) is 0 Å². The Hall–Kier alpha value is -0.610. The minimum atomic E-state index is -0.621. The zero-order valence-corrected chi connectivity index (χ0v) is 12.2. The van der Waals surface area contributed by atoms with Gasteiger partial charge in [0, 0.05) is 13.2 Å². The first-order valence-electron chi connectivity index (χ1n) is 7.62. The van der Waals surface area contributed by atoms with E-state index in [0.29, 0.717) is 12.6 Å². The molecule has 0 spiro atoms. The van der Waals surface area contributed by atoms with E-state index < -0.39 is 11.4 Å². The van der Waals surface area contributed by atoms with E-state index in [0.717, 1.165) is 39.0 Å². The molecule has 0 aromatic rings. The predicted molar refractivity (Wildman–Crippen MR) is 74.2 cm³/mol. The molecule has 2 atom stereocenters. The molecular formula is C15H27NO3. The number of ether oxygens (including phenoxy) is 1. The Kier molecular flexibility index (Phi) is 4.85. The van der Waals surface area contributed by atoms with Crippen LogP contribution >= 0.6 is 0 Å². The Labute approximate surface area is 116 Å². The number of nitrogens with zero attached hydrogens (tertiary/aromatic N) is 1. The van der Waals surface area contributed by atoms with Crippen LogP contribution in [-0.4, -0.2) is 48.3 Å². The van der Waals surface area contributed by atoms with Crippen molar-refractivity contribution in [1.82, 2.24) is 4.90 Å². The first kappa shape index (κ1) is 14.8. The molecule has 0 aliphatic carbocycles. The number of rotatable bonds is 6. The molecule has 2 heterocycles. The molecular weight excluding hydrogens is 242 g/mol. The van der Waals surface area contributed by atoms with Crippen LogP contribution in [0, 0.1) is 11.3 Å². The van der Waals surface area contributed by atoms with Crippen molar-refractivity contribution < 1.29 is 14.6 Å². The Balaban J connectivity index is 1.76. The van der Waals surface area contributed by atoms with Gasteiger partial charge in [0.2, 0.25) is 0 Å². The number of aliphatic carboxylic acids is 1. The van der Waals surface area contributed by atoms with Crippen LogP contribution in [-0.2, 0) is 9.53 Å². The number of carboxylic acid groups (broad SMARTS) is 1. The van der Waals surface area contributed by atoms with Gasteiger partial charge in [0.15, 0.2) is 0 Å². The summed E-state index contributed by atoms with van der Waals surface area (Å²) in [4.78, 5) is 13.9. The molecule has 2 rings (SSSR count). The molecule has 0 radical (unpaired) electrons. The molecule has 2 saturated heterocycles. The maximum Gasteiger partial charge on any atom is 0.311 e. The van der Waals surface area contributed by atoms with E-state index in [-0.39, 0.29) is 5.92 Å². The fraction of sp³-hybridized carbons (Fsp3) is 0.933. The monoisotopic (exact) mass is 269 g/mol. The zero-order valence-electron chi connectivity index (χ0n) is 12.2. The van der Waals surface area contributed by atoms with Crippen LogP contribution in [0.5, 0.6) is 0 Å². The predicted octanol–water partition coefficient (Wildman–Crippen LogP) is 2.38. The molecule has 0 amide bonds. The number of hydrogen-bond donors (Lipinski definition) is 1. The average molecular weight is 269 g/mol. The second kappa shape index (κ2) is 6.23. The van der Waals surface area contributed by atoms with Crippen molar-refractivity contribution in [2.75, 3.05) is 26.2 Å². The van der Waals surface area contributed by atoms with Crippen molar-refractivity contribution in [2.45, 2.75) is 52.1 Å². The second-order valence-corrected chi connectivity index (χ2v) is 6.42. The van der Waals surface area contributed by atoms with E-state index in [1.54, 1.807) is 0 Å². The van der Waals surface area contributed by atoms with Crippen molar-refractivity contribution in [3.63, 3.8) is 0 Å². The SMILES string of the molecule is CC(C)C1(C(=O)O)CCN(CCCC2CCCO2)C1. The van der Waals surface area contributed by atoms with Crippen LogP contribution in [0.2, 0.25) is 0 Å². The number of likely N-dealkylation sites (tertiary alicyclic amines) is 1. The standard InChI is InChI=1S/C15H27NO3/c1-12(2)15(14(17)18)7-9-16(11-15)8-3-5-13-6-4-10-19-13/h12-13H,3-11H2,1-2H3,(H,17,18). The van der Waals surface area contributed by atoms with E-state index in [9.17, 15) is 9.90 Å². The van der Waals surface area contributed by atoms with Gasteiger partial charge in [0.05, 0.1) is 11.5 Å². The van der Waals surface area contributed by atoms with Gasteiger partial charge in [-0.2, -0.15) is 0 Å². The van der Waals surface area contributed by atoms with Crippen LogP contribution in [0.4, 0.5) is 0 Å². The lowest BCUT2D eigenvalue weighted by molar-refractivity contribution is -0.151. The number of carboxylic acids is 1. The van der Waals surface area contributed by atoms with Gasteiger partial charge in [0.1, 0.15) is 0 Å². The summed E-state index contributed by atoms with van der Waals surface area (Å²) < 4.78 is 5.62. The maximum atomic E-state index is 11.5. The summed E-state index contributed by atoms with van der Waals surface area (Å²) in [6, 6.07) is 0. The third-order valence-electron chi connectivity index (χ3n) is 4.94. The first-order valence-corrected chi connectivity index (χ1v) is 7.62. The molecule has 4 nitrogen and oxygen atoms in total. The van der Waals surface area contributed by atoms with Gasteiger partial charge in [-0.05, 0) is 51.1 Å². The normalized spacial score (nSPS) is 32.3. The van der Waals surface area contributed by atoms with Gasteiger partial charge in [-0.3, -0.25) is 4.79 Å². The van der Waals surface area contributed by atoms with Gasteiger partial charge in [-0.1, -0.05) is 13.8 Å². The molecule has 2 aliphatic rings. The highest BCUT2D eigenvalue weighted by Crippen LogP contribution is 2.38. The smallest absolute Gasteiger partial charge is 0.311 e. The Morgan fingerprint density at radius 2 is 2.32 bits per heavy atom. The molecule has 0 bridgehead atoms. The quantitative estimate of drug-likeness (QED) is 0.804. The topological polar surface area (TPSA) is 49.8 Å². The minimum absolute atomic E-state index is 0.202. The Morgan fingerprint density at radius 1 is 1.53 bits per heavy atom. The lowest BCUT2D eigenvalue weighted by Gasteiger charge is -2.29. The highest BCUT2D eigenvalue weighted by Gasteiger charge is 2.46. The Morgan fingerprint density at radius 3 is 2.84 bits per heavy atom. The first-order chi connectivity index (χ1) is 9.04. The third kappa shape index (κ3) is 3.29. The molecule has 0 aromatic heterocycles. The minimum Gasteiger partial charge on any atom is -0.481 e. The van der Waals surface area contributed by atoms with Crippen molar-refractivity contribution in [2.24, 2.45) is 11.3 Å². The van der Waals surface area contributed by atoms with Gasteiger partial charge >= 0.3 is 5.97 Å². The van der Waals surface area contributed by atoms with Gasteiger partial charge in [-0.25, -0.2) is 0 Å². The van der Waals surface area contributed by atoms with Gasteiger partial charge in [0.25, 0.3) is 0 Å². The summed E-state index contributed by atoms with van der Waals surface area (Å²) in [6.45, 7) is 7.64. The molecule has 1 N–H and O–H groups in total. The van der Waals surface area contributed by atoms with E-state index in [1.807, 2.05) is 13.8 Å². The largest absolute Gasteiger partial charge is 0.481 e. The molecule has 110 valence electrons. The van der Waals surface area contributed by atoms with E-state index >= 15 is 0 Å². The average Bonchev–Trinajstić information content (AvgIpc) is 2.98. The van der Waals surface area contributed by atoms with Crippen LogP contribution in [0.15, 0.2) is 0 Å². The molecule has 2 fully saturated rings. The van der Waals surface area contributed by atoms with Crippen molar-refractivity contribution in [1.29, 1.82) is 0 Å². The summed E-state index contributed by atoms with van der Waals surface area (Å²) in [5, 5.41) is 9.50. The van der Waals surface area contributed by atoms with Crippen LogP contribution in [0.1, 0.15) is 46.0 Å². The molecule has 0 aromatic carbocycles. The molecule has 4 heteroatoms. The van der Waals surface area contributed by atoms with Crippen LogP contribution in [0.3, 0.4) is 0 Å². The molecule has 2 aliphatic heterocycles. The zero-order chi connectivity index (χ0) is 13.9. The number of carbonyl (C=O) groups is 1. The molecule has 2 unspecified atom stereocenters. The summed E-state index contributed by atoms with van der Waals surface area (Å²) >= 11 is 0. The fourth-order valence-electron chi connectivity index (χ4n) is 3.41. The summed E-state index contributed by atoms with van der Waals surface area (Å²) in [7, 11) is 0. The van der Waals surface area contributed by atoms with Crippen molar-refractivity contribution in [3.05, 3.63) is 0 Å². The summed E-state index contributed by atoms with van der Waals surface area (Å²) in [6.07, 6.45) is 5.89. The van der Waals surface area contributed by atoms with E-state index in [4.69, 9.17) is 4.74 Å². The van der Waals surface area contributed by atoms with E-state index in [1.165, 1.54) is 12.8 Å². The lowest BCUT2D eigenvalue weighted by atomic mass is 9.76. The summed E-state index contributed by atoms with van der Waals surface area (Å²) in [5.74, 6) is -0.419. The van der Waals surface area contributed by atoms with E-state index in [2.05, 4.69) is 4.90 Å². The van der Waals surface area contributed by atoms with Gasteiger partial charge in [-0.15, -0.1) is 0 Å². The third-order valence-corrected chi connectivity index (χ3v) is 4.94. The molecule has 19 heavy (non-hydrogen) atoms. The van der Waals surface area contributed by atoms with Crippen molar-refractivity contribution >= 4 is 5.97 Å². The maximum absolute atomic E-state index is 11.5. The fourth-order valence-corrected chi connectivity index (χ4v) is 3.41. The summed E-state index contributed by atoms with van der Waals surface area (Å²) in [5.41, 5.74) is -0.524.